The number of nitrogens with one attached hydrogen (secondary N) is 1. The maximum Gasteiger partial charge on any atom is 0.257 e. The van der Waals surface area contributed by atoms with Crippen molar-refractivity contribution < 1.29 is 13.9 Å². The van der Waals surface area contributed by atoms with E-state index in [4.69, 9.17) is 10.5 Å². The van der Waals surface area contributed by atoms with Gasteiger partial charge in [-0.3, -0.25) is 4.79 Å². The highest BCUT2D eigenvalue weighted by atomic mass is 19.1. The van der Waals surface area contributed by atoms with Gasteiger partial charge in [0.2, 0.25) is 0 Å². The number of nitrogen functional groups attached to an aromatic ring is 1. The first kappa shape index (κ1) is 14.8. The molecule has 1 amide bonds. The molecule has 0 heterocycles. The molecule has 2 aromatic carbocycles. The zero-order chi connectivity index (χ0) is 15.4. The second-order valence-corrected chi connectivity index (χ2v) is 4.62. The standard InChI is InChI=1S/C16H17FN2O2/c1-3-21-15-7-5-11(9-13(15)17)19-16(20)12-8-10(2)4-6-14(12)18/h4-9H,3,18H2,1-2H3,(H,19,20). The van der Waals surface area contributed by atoms with Crippen LogP contribution in [-0.2, 0) is 0 Å². The van der Waals surface area contributed by atoms with Crippen LogP contribution in [-0.4, -0.2) is 12.5 Å². The van der Waals surface area contributed by atoms with E-state index in [2.05, 4.69) is 5.32 Å². The van der Waals surface area contributed by atoms with Crippen LogP contribution in [0.5, 0.6) is 5.75 Å². The highest BCUT2D eigenvalue weighted by Gasteiger charge is 2.12. The first-order valence-corrected chi connectivity index (χ1v) is 6.61. The number of ether oxygens (including phenoxy) is 1. The minimum atomic E-state index is -0.521. The van der Waals surface area contributed by atoms with Crippen molar-refractivity contribution in [3.8, 4) is 5.75 Å². The molecule has 3 N–H and O–H groups in total. The van der Waals surface area contributed by atoms with Crippen molar-refractivity contribution in [3.05, 3.63) is 53.3 Å². The van der Waals surface area contributed by atoms with E-state index in [1.54, 1.807) is 25.1 Å². The quantitative estimate of drug-likeness (QED) is 0.848. The van der Waals surface area contributed by atoms with Gasteiger partial charge in [-0.2, -0.15) is 0 Å². The minimum Gasteiger partial charge on any atom is -0.491 e. The number of benzene rings is 2. The molecule has 110 valence electrons. The maximum atomic E-state index is 13.7. The highest BCUT2D eigenvalue weighted by Crippen LogP contribution is 2.22. The maximum absolute atomic E-state index is 13.7. The lowest BCUT2D eigenvalue weighted by molar-refractivity contribution is 0.102. The molecule has 0 spiro atoms. The third kappa shape index (κ3) is 3.51. The molecule has 2 rings (SSSR count). The molecule has 0 radical (unpaired) electrons. The van der Waals surface area contributed by atoms with Crippen LogP contribution in [0.1, 0.15) is 22.8 Å². The fourth-order valence-electron chi connectivity index (χ4n) is 1.92. The van der Waals surface area contributed by atoms with Crippen molar-refractivity contribution in [1.29, 1.82) is 0 Å². The molecule has 0 aromatic heterocycles. The van der Waals surface area contributed by atoms with Gasteiger partial charge in [0.25, 0.3) is 5.91 Å². The molecule has 0 aliphatic carbocycles. The Morgan fingerprint density at radius 1 is 1.29 bits per heavy atom. The van der Waals surface area contributed by atoms with Gasteiger partial charge in [0.15, 0.2) is 11.6 Å². The summed E-state index contributed by atoms with van der Waals surface area (Å²) in [7, 11) is 0. The van der Waals surface area contributed by atoms with Crippen molar-refractivity contribution >= 4 is 17.3 Å². The van der Waals surface area contributed by atoms with Crippen molar-refractivity contribution in [1.82, 2.24) is 0 Å². The number of hydrogen-bond donors (Lipinski definition) is 2. The van der Waals surface area contributed by atoms with Crippen LogP contribution in [0.25, 0.3) is 0 Å². The Balaban J connectivity index is 2.19. The molecule has 2 aromatic rings. The van der Waals surface area contributed by atoms with Gasteiger partial charge < -0.3 is 15.8 Å². The molecule has 5 heteroatoms. The van der Waals surface area contributed by atoms with Crippen molar-refractivity contribution in [2.24, 2.45) is 0 Å². The van der Waals surface area contributed by atoms with Crippen molar-refractivity contribution in [2.45, 2.75) is 13.8 Å². The Bertz CT molecular complexity index is 671. The van der Waals surface area contributed by atoms with Crippen LogP contribution in [0, 0.1) is 12.7 Å². The van der Waals surface area contributed by atoms with E-state index in [0.717, 1.165) is 5.56 Å². The smallest absolute Gasteiger partial charge is 0.257 e. The van der Waals surface area contributed by atoms with Gasteiger partial charge in [-0.05, 0) is 38.1 Å². The average molecular weight is 288 g/mol. The lowest BCUT2D eigenvalue weighted by Crippen LogP contribution is -2.14. The van der Waals surface area contributed by atoms with E-state index in [9.17, 15) is 9.18 Å². The van der Waals surface area contributed by atoms with Gasteiger partial charge in [0.1, 0.15) is 0 Å². The SMILES string of the molecule is CCOc1ccc(NC(=O)c2cc(C)ccc2N)cc1F. The molecule has 0 saturated heterocycles. The van der Waals surface area contributed by atoms with Gasteiger partial charge in [0.05, 0.1) is 12.2 Å². The number of nitrogens with two attached hydrogens (primary N) is 1. The number of carbonyl (C=O) groups is 1. The van der Waals surface area contributed by atoms with Crippen LogP contribution in [0.15, 0.2) is 36.4 Å². The Kier molecular flexibility index (Phi) is 4.42. The summed E-state index contributed by atoms with van der Waals surface area (Å²) in [6.45, 7) is 4.02. The zero-order valence-electron chi connectivity index (χ0n) is 11.9. The first-order valence-electron chi connectivity index (χ1n) is 6.61. The van der Waals surface area contributed by atoms with E-state index >= 15 is 0 Å². The summed E-state index contributed by atoms with van der Waals surface area (Å²) < 4.78 is 18.8. The van der Waals surface area contributed by atoms with Crippen LogP contribution in [0.3, 0.4) is 0 Å². The van der Waals surface area contributed by atoms with Crippen LogP contribution >= 0.6 is 0 Å². The third-order valence-corrected chi connectivity index (χ3v) is 2.94. The molecule has 0 atom stereocenters. The fraction of sp³-hybridized carbons (Fsp3) is 0.188. The molecule has 0 fully saturated rings. The lowest BCUT2D eigenvalue weighted by Gasteiger charge is -2.10. The van der Waals surface area contributed by atoms with Gasteiger partial charge in [-0.25, -0.2) is 4.39 Å². The summed E-state index contributed by atoms with van der Waals surface area (Å²) in [6, 6.07) is 9.46. The van der Waals surface area contributed by atoms with Gasteiger partial charge in [0, 0.05) is 17.4 Å². The lowest BCUT2D eigenvalue weighted by atomic mass is 10.1. The zero-order valence-corrected chi connectivity index (χ0v) is 11.9. The number of carbonyl (C=O) groups excluding carboxylic acids is 1. The highest BCUT2D eigenvalue weighted by molar-refractivity contribution is 6.07. The minimum absolute atomic E-state index is 0.158. The number of rotatable bonds is 4. The van der Waals surface area contributed by atoms with Gasteiger partial charge >= 0.3 is 0 Å². The number of halogens is 1. The van der Waals surface area contributed by atoms with E-state index in [1.165, 1.54) is 12.1 Å². The van der Waals surface area contributed by atoms with Gasteiger partial charge in [-0.15, -0.1) is 0 Å². The predicted octanol–water partition coefficient (Wildman–Crippen LogP) is 3.37. The molecule has 0 aliphatic rings. The van der Waals surface area contributed by atoms with Crippen LogP contribution in [0.4, 0.5) is 15.8 Å². The largest absolute Gasteiger partial charge is 0.491 e. The van der Waals surface area contributed by atoms with E-state index < -0.39 is 5.82 Å². The van der Waals surface area contributed by atoms with E-state index in [0.29, 0.717) is 23.5 Å². The number of amides is 1. The Morgan fingerprint density at radius 2 is 2.05 bits per heavy atom. The molecular formula is C16H17FN2O2. The number of anilines is 2. The number of hydrogen-bond acceptors (Lipinski definition) is 3. The predicted molar refractivity (Wildman–Crippen MR) is 81.1 cm³/mol. The normalized spacial score (nSPS) is 10.2. The topological polar surface area (TPSA) is 64.3 Å². The Labute approximate surface area is 122 Å². The molecule has 0 bridgehead atoms. The molecule has 0 aliphatic heterocycles. The Morgan fingerprint density at radius 3 is 2.71 bits per heavy atom. The summed E-state index contributed by atoms with van der Waals surface area (Å²) in [5.41, 5.74) is 7.80. The third-order valence-electron chi connectivity index (χ3n) is 2.94. The molecule has 0 saturated carbocycles. The molecule has 0 unspecified atom stereocenters. The summed E-state index contributed by atoms with van der Waals surface area (Å²) in [4.78, 5) is 12.2. The molecule has 21 heavy (non-hydrogen) atoms. The van der Waals surface area contributed by atoms with Crippen molar-refractivity contribution in [3.63, 3.8) is 0 Å². The summed E-state index contributed by atoms with van der Waals surface area (Å²) in [5, 5.41) is 2.62. The summed E-state index contributed by atoms with van der Waals surface area (Å²) in [5.74, 6) is -0.739. The molecular weight excluding hydrogens is 271 g/mol. The first-order chi connectivity index (χ1) is 10.0. The monoisotopic (exact) mass is 288 g/mol. The summed E-state index contributed by atoms with van der Waals surface area (Å²) in [6.07, 6.45) is 0. The second kappa shape index (κ2) is 6.26. The van der Waals surface area contributed by atoms with E-state index in [-0.39, 0.29) is 11.7 Å². The number of aryl methyl sites for hydroxylation is 1. The second-order valence-electron chi connectivity index (χ2n) is 4.62. The fourth-order valence-corrected chi connectivity index (χ4v) is 1.92. The van der Waals surface area contributed by atoms with Crippen molar-refractivity contribution in [2.75, 3.05) is 17.7 Å². The van der Waals surface area contributed by atoms with E-state index in [1.807, 2.05) is 13.0 Å². The average Bonchev–Trinajstić information content (AvgIpc) is 2.44. The molecule has 4 nitrogen and oxygen atoms in total. The van der Waals surface area contributed by atoms with Gasteiger partial charge in [-0.1, -0.05) is 11.6 Å². The van der Waals surface area contributed by atoms with Crippen LogP contribution in [0.2, 0.25) is 0 Å². The van der Waals surface area contributed by atoms with Crippen LogP contribution < -0.4 is 15.8 Å². The Hall–Kier alpha value is -2.56. The summed E-state index contributed by atoms with van der Waals surface area (Å²) >= 11 is 0.